The predicted octanol–water partition coefficient (Wildman–Crippen LogP) is 2.63. The molecule has 2 N–H and O–H groups in total. The molecule has 0 saturated carbocycles. The zero-order valence-corrected chi connectivity index (χ0v) is 9.13. The molecular weight excluding hydrogens is 204 g/mol. The van der Waals surface area contributed by atoms with Crippen LogP contribution in [0.4, 0.5) is 5.69 Å². The number of hydrogen-bond acceptors (Lipinski definition) is 3. The third-order valence-corrected chi connectivity index (χ3v) is 3.79. The van der Waals surface area contributed by atoms with Gasteiger partial charge in [0, 0.05) is 23.4 Å². The van der Waals surface area contributed by atoms with Gasteiger partial charge in [0.25, 0.3) is 0 Å². The monoisotopic (exact) mass is 216 g/mol. The molecule has 0 bridgehead atoms. The van der Waals surface area contributed by atoms with E-state index in [0.29, 0.717) is 6.54 Å². The number of anilines is 1. The molecule has 1 aliphatic rings. The Labute approximate surface area is 93.2 Å². The van der Waals surface area contributed by atoms with Crippen molar-refractivity contribution in [2.45, 2.75) is 4.90 Å². The molecular formula is C12H12N2S. The van der Waals surface area contributed by atoms with Crippen LogP contribution in [0.1, 0.15) is 0 Å². The molecule has 1 heterocycles. The molecule has 0 radical (unpaired) electrons. The number of benzene rings is 2. The van der Waals surface area contributed by atoms with Crippen LogP contribution in [0.3, 0.4) is 0 Å². The molecule has 1 aliphatic heterocycles. The van der Waals surface area contributed by atoms with Crippen LogP contribution >= 0.6 is 11.9 Å². The lowest BCUT2D eigenvalue weighted by atomic mass is 10.1. The fourth-order valence-electron chi connectivity index (χ4n) is 2.02. The summed E-state index contributed by atoms with van der Waals surface area (Å²) in [6.45, 7) is 1.59. The lowest BCUT2D eigenvalue weighted by Crippen LogP contribution is -2.20. The first-order chi connectivity index (χ1) is 7.40. The van der Waals surface area contributed by atoms with Crippen molar-refractivity contribution in [1.29, 1.82) is 0 Å². The normalized spacial score (nSPS) is 13.8. The number of nitrogens with two attached hydrogens (primary N) is 1. The smallest absolute Gasteiger partial charge is 0.0564 e. The highest BCUT2D eigenvalue weighted by Gasteiger charge is 2.20. The van der Waals surface area contributed by atoms with Crippen molar-refractivity contribution >= 4 is 28.4 Å². The van der Waals surface area contributed by atoms with E-state index in [1.54, 1.807) is 11.9 Å². The van der Waals surface area contributed by atoms with Crippen LogP contribution in [-0.4, -0.2) is 13.1 Å². The molecule has 15 heavy (non-hydrogen) atoms. The fraction of sp³-hybridized carbons (Fsp3) is 0.167. The van der Waals surface area contributed by atoms with Crippen molar-refractivity contribution in [3.05, 3.63) is 36.4 Å². The van der Waals surface area contributed by atoms with E-state index in [2.05, 4.69) is 40.7 Å². The standard InChI is InChI=1S/C12H12N2S/c13-7-8-14-10-5-1-3-9-4-2-6-11(15-14)12(9)10/h1-6H,7-8,13H2. The Bertz CT molecular complexity index is 505. The topological polar surface area (TPSA) is 29.3 Å². The molecule has 0 amide bonds. The third kappa shape index (κ3) is 1.31. The Hall–Kier alpha value is -1.19. The van der Waals surface area contributed by atoms with E-state index in [1.165, 1.54) is 21.4 Å². The third-order valence-electron chi connectivity index (χ3n) is 2.65. The molecule has 76 valence electrons. The Morgan fingerprint density at radius 2 is 1.93 bits per heavy atom. The molecule has 0 aliphatic carbocycles. The maximum absolute atomic E-state index is 5.62. The molecule has 2 aromatic rings. The number of rotatable bonds is 2. The fourth-order valence-corrected chi connectivity index (χ4v) is 3.16. The Morgan fingerprint density at radius 3 is 2.73 bits per heavy atom. The Morgan fingerprint density at radius 1 is 1.13 bits per heavy atom. The van der Waals surface area contributed by atoms with Crippen LogP contribution in [0.25, 0.3) is 10.8 Å². The van der Waals surface area contributed by atoms with Crippen molar-refractivity contribution < 1.29 is 0 Å². The van der Waals surface area contributed by atoms with Crippen LogP contribution < -0.4 is 10.0 Å². The van der Waals surface area contributed by atoms with Gasteiger partial charge in [-0.15, -0.1) is 0 Å². The molecule has 0 unspecified atom stereocenters. The quantitative estimate of drug-likeness (QED) is 0.782. The summed E-state index contributed by atoms with van der Waals surface area (Å²) >= 11 is 1.79. The SMILES string of the molecule is NCCN1Sc2cccc3cccc1c23. The first kappa shape index (κ1) is 9.07. The van der Waals surface area contributed by atoms with Crippen LogP contribution in [0, 0.1) is 0 Å². The van der Waals surface area contributed by atoms with Crippen LogP contribution in [0.5, 0.6) is 0 Å². The predicted molar refractivity (Wildman–Crippen MR) is 66.2 cm³/mol. The molecule has 0 atom stereocenters. The molecule has 2 nitrogen and oxygen atoms in total. The highest BCUT2D eigenvalue weighted by Crippen LogP contribution is 2.45. The van der Waals surface area contributed by atoms with Crippen LogP contribution in [0.2, 0.25) is 0 Å². The second kappa shape index (κ2) is 3.43. The Kier molecular flexibility index (Phi) is 2.08. The minimum Gasteiger partial charge on any atom is -0.329 e. The van der Waals surface area contributed by atoms with Gasteiger partial charge < -0.3 is 10.0 Å². The molecule has 3 rings (SSSR count). The lowest BCUT2D eigenvalue weighted by molar-refractivity contribution is 0.978. The van der Waals surface area contributed by atoms with Crippen LogP contribution in [0.15, 0.2) is 41.3 Å². The van der Waals surface area contributed by atoms with Gasteiger partial charge in [-0.05, 0) is 29.5 Å². The van der Waals surface area contributed by atoms with E-state index < -0.39 is 0 Å². The van der Waals surface area contributed by atoms with Gasteiger partial charge in [-0.3, -0.25) is 0 Å². The lowest BCUT2D eigenvalue weighted by Gasteiger charge is -2.16. The summed E-state index contributed by atoms with van der Waals surface area (Å²) in [6.07, 6.45) is 0. The zero-order valence-electron chi connectivity index (χ0n) is 8.31. The molecule has 2 aromatic carbocycles. The minimum absolute atomic E-state index is 0.692. The summed E-state index contributed by atoms with van der Waals surface area (Å²) in [6, 6.07) is 12.9. The summed E-state index contributed by atoms with van der Waals surface area (Å²) in [5, 5.41) is 2.69. The molecule has 0 aromatic heterocycles. The van der Waals surface area contributed by atoms with E-state index in [9.17, 15) is 0 Å². The molecule has 0 spiro atoms. The van der Waals surface area contributed by atoms with Crippen molar-refractivity contribution in [3.63, 3.8) is 0 Å². The minimum atomic E-state index is 0.692. The molecule has 0 fully saturated rings. The molecule has 0 saturated heterocycles. The number of hydrogen-bond donors (Lipinski definition) is 1. The first-order valence-electron chi connectivity index (χ1n) is 5.07. The Balaban J connectivity index is 2.22. The van der Waals surface area contributed by atoms with E-state index in [0.717, 1.165) is 6.54 Å². The summed E-state index contributed by atoms with van der Waals surface area (Å²) in [5.41, 5.74) is 6.92. The maximum atomic E-state index is 5.62. The second-order valence-electron chi connectivity index (χ2n) is 3.61. The van der Waals surface area contributed by atoms with Gasteiger partial charge in [0.05, 0.1) is 5.69 Å². The van der Waals surface area contributed by atoms with E-state index in [-0.39, 0.29) is 0 Å². The highest BCUT2D eigenvalue weighted by molar-refractivity contribution is 8.01. The van der Waals surface area contributed by atoms with Gasteiger partial charge >= 0.3 is 0 Å². The summed E-state index contributed by atoms with van der Waals surface area (Å²) in [4.78, 5) is 1.34. The molecule has 3 heteroatoms. The van der Waals surface area contributed by atoms with E-state index in [1.807, 2.05) is 0 Å². The average Bonchev–Trinajstić information content (AvgIpc) is 2.61. The van der Waals surface area contributed by atoms with Crippen molar-refractivity contribution in [3.8, 4) is 0 Å². The first-order valence-corrected chi connectivity index (χ1v) is 5.85. The average molecular weight is 216 g/mol. The zero-order chi connectivity index (χ0) is 10.3. The summed E-state index contributed by atoms with van der Waals surface area (Å²) in [7, 11) is 0. The summed E-state index contributed by atoms with van der Waals surface area (Å²) in [5.74, 6) is 0. The van der Waals surface area contributed by atoms with E-state index in [4.69, 9.17) is 5.73 Å². The van der Waals surface area contributed by atoms with Gasteiger partial charge in [-0.2, -0.15) is 0 Å². The number of nitrogens with zero attached hydrogens (tertiary/aromatic N) is 1. The van der Waals surface area contributed by atoms with Crippen LogP contribution in [-0.2, 0) is 0 Å². The van der Waals surface area contributed by atoms with Crippen molar-refractivity contribution in [1.82, 2.24) is 0 Å². The van der Waals surface area contributed by atoms with Gasteiger partial charge in [0.15, 0.2) is 0 Å². The van der Waals surface area contributed by atoms with Gasteiger partial charge in [0.1, 0.15) is 0 Å². The van der Waals surface area contributed by atoms with Gasteiger partial charge in [0.2, 0.25) is 0 Å². The van der Waals surface area contributed by atoms with Crippen molar-refractivity contribution in [2.24, 2.45) is 5.73 Å². The highest BCUT2D eigenvalue weighted by atomic mass is 32.2. The van der Waals surface area contributed by atoms with E-state index >= 15 is 0 Å². The summed E-state index contributed by atoms with van der Waals surface area (Å²) < 4.78 is 2.28. The largest absolute Gasteiger partial charge is 0.329 e. The maximum Gasteiger partial charge on any atom is 0.0564 e. The van der Waals surface area contributed by atoms with Gasteiger partial charge in [-0.1, -0.05) is 24.3 Å². The van der Waals surface area contributed by atoms with Gasteiger partial charge in [-0.25, -0.2) is 0 Å². The second-order valence-corrected chi connectivity index (χ2v) is 4.68. The van der Waals surface area contributed by atoms with Crippen molar-refractivity contribution in [2.75, 3.05) is 17.4 Å².